The molecule has 0 aliphatic carbocycles. The van der Waals surface area contributed by atoms with Crippen LogP contribution in [0.4, 0.5) is 62.6 Å². The molecule has 0 unspecified atom stereocenters. The quantitative estimate of drug-likeness (QED) is 0.00801. The molecule has 12 aromatic carbocycles. The number of carboxylic acids is 2. The average molecular weight is 1560 g/mol. The fraction of sp³-hybridized carbons (Fsp3) is 0.286. The summed E-state index contributed by atoms with van der Waals surface area (Å²) >= 11 is 0. The van der Waals surface area contributed by atoms with E-state index in [0.717, 1.165) is 110 Å². The lowest BCUT2D eigenvalue weighted by molar-refractivity contribution is -0.159. The van der Waals surface area contributed by atoms with Crippen LogP contribution in [0.3, 0.4) is 0 Å². The van der Waals surface area contributed by atoms with Gasteiger partial charge in [0.1, 0.15) is 0 Å². The van der Waals surface area contributed by atoms with Crippen molar-refractivity contribution in [2.24, 2.45) is 9.98 Å². The Morgan fingerprint density at radius 2 is 0.617 bits per heavy atom. The lowest BCUT2D eigenvalue weighted by Crippen LogP contribution is -2.32. The number of nitrogens with one attached hydrogen (secondary N) is 6. The minimum atomic E-state index is -1.82. The van der Waals surface area contributed by atoms with Gasteiger partial charge in [0.15, 0.2) is 0 Å². The minimum absolute atomic E-state index is 0. The summed E-state index contributed by atoms with van der Waals surface area (Å²) in [5, 5.41) is 44.3. The molecule has 12 rings (SSSR count). The lowest BCUT2D eigenvalue weighted by Gasteiger charge is -2.18. The Balaban J connectivity index is 0.000000266. The molecule has 596 valence electrons. The van der Waals surface area contributed by atoms with Crippen LogP contribution in [0.2, 0.25) is 0 Å². The van der Waals surface area contributed by atoms with Gasteiger partial charge in [-0.05, 0) is 209 Å². The highest BCUT2D eigenvalue weighted by molar-refractivity contribution is 6.40. The number of hydrogen-bond acceptors (Lipinski definition) is 12. The third-order valence-electron chi connectivity index (χ3n) is 20.9. The van der Waals surface area contributed by atoms with Crippen molar-refractivity contribution in [3.63, 3.8) is 0 Å². The van der Waals surface area contributed by atoms with Crippen molar-refractivity contribution < 1.29 is 40.4 Å². The third kappa shape index (κ3) is 24.4. The van der Waals surface area contributed by atoms with Crippen molar-refractivity contribution in [3.8, 4) is 0 Å². The molecule has 0 bridgehead atoms. The fourth-order valence-electron chi connectivity index (χ4n) is 14.8. The number of aliphatic imine (C=N–C) groups is 2. The van der Waals surface area contributed by atoms with E-state index in [1.807, 2.05) is 48.5 Å². The summed E-state index contributed by atoms with van der Waals surface area (Å²) in [6, 6.07) is 76.1. The van der Waals surface area contributed by atoms with E-state index >= 15 is 0 Å². The molecule has 2 amide bonds. The van der Waals surface area contributed by atoms with Gasteiger partial charge < -0.3 is 42.1 Å². The van der Waals surface area contributed by atoms with Gasteiger partial charge in [-0.1, -0.05) is 256 Å². The number of fused-ring (bicyclic) bond motifs is 4. The first-order valence-electron chi connectivity index (χ1n) is 40.4. The van der Waals surface area contributed by atoms with Gasteiger partial charge in [-0.3, -0.25) is 9.59 Å². The molecule has 0 aromatic heterocycles. The van der Waals surface area contributed by atoms with Crippen molar-refractivity contribution in [1.82, 2.24) is 5.32 Å². The number of halogens is 1. The minimum Gasteiger partial charge on any atom is -0.473 e. The van der Waals surface area contributed by atoms with Crippen LogP contribution in [-0.2, 0) is 67.3 Å². The first-order chi connectivity index (χ1) is 55.6. The molecular formula is C98H109ClN8O8. The number of nitrogens with zero attached hydrogens (tertiary/aromatic N) is 2. The monoisotopic (exact) mass is 1560 g/mol. The molecule has 0 radical (unpaired) electrons. The molecule has 0 aliphatic heterocycles. The Hall–Kier alpha value is -12.2. The molecule has 8 N–H and O–H groups in total. The Bertz CT molecular complexity index is 5270. The maximum Gasteiger partial charge on any atom is 0.414 e. The van der Waals surface area contributed by atoms with Crippen LogP contribution in [0.15, 0.2) is 228 Å². The molecule has 0 spiro atoms. The molecule has 0 aliphatic rings. The van der Waals surface area contributed by atoms with Gasteiger partial charge in [-0.2, -0.15) is 9.98 Å². The van der Waals surface area contributed by atoms with E-state index in [1.54, 1.807) is 12.2 Å². The first kappa shape index (κ1) is 86.8. The maximum atomic E-state index is 12.8. The standard InChI is InChI=1S/C49H56N4O2.C47H48N4O2.C2H2O4.ClH.H2/c1-5-7-9-11-17-37-26-29-43(41-21-15-13-19-39(37)41)51-46-32-35(24-23-34(46)3)31-36-25-28-45(53-49(55)48(54)50-4)47(33-36)52-44-30-27-38(18-12-10-8-6-2)40-20-14-16-22-42(40)44;1-3-5-7-9-15-36-23-27-42(40-19-13-11-17-38(36)40)50-46-30-34(21-25-44(46)48-32-52)29-35-22-26-45(49-33-53)47(31-35)51-43-28-24-37(16-10-8-6-4-2)39-18-12-14-20-41(39)43;3-1(4)2(5)6;;/h13-16,19-30,32-33,51-52H,5-12,17-18,31H2,1-4H3,(H,50,54)(H,53,55);11-14,17-28,30-31,50-51H,3-10,15-16,29H2,1-2H3;(H,3,4)(H,5,6);2*1H. The predicted molar refractivity (Wildman–Crippen MR) is 479 cm³/mol. The molecule has 16 nitrogen and oxygen atoms in total. The normalized spacial score (nSPS) is 10.7. The highest BCUT2D eigenvalue weighted by atomic mass is 35.5. The van der Waals surface area contributed by atoms with Gasteiger partial charge in [-0.15, -0.1) is 12.4 Å². The molecule has 12 aromatic rings. The Morgan fingerprint density at radius 3 is 0.939 bits per heavy atom. The van der Waals surface area contributed by atoms with E-state index in [4.69, 9.17) is 19.8 Å². The van der Waals surface area contributed by atoms with E-state index in [1.165, 1.54) is 165 Å². The van der Waals surface area contributed by atoms with Crippen LogP contribution in [-0.4, -0.2) is 53.2 Å². The first-order valence-corrected chi connectivity index (χ1v) is 40.4. The second-order valence-corrected chi connectivity index (χ2v) is 29.1. The summed E-state index contributed by atoms with van der Waals surface area (Å²) < 4.78 is 0. The van der Waals surface area contributed by atoms with Gasteiger partial charge in [0.25, 0.3) is 0 Å². The van der Waals surface area contributed by atoms with Crippen molar-refractivity contribution in [1.29, 1.82) is 0 Å². The number of benzene rings is 12. The van der Waals surface area contributed by atoms with E-state index in [-0.39, 0.29) is 13.8 Å². The van der Waals surface area contributed by atoms with Crippen LogP contribution < -0.4 is 31.9 Å². The number of carbonyl (C=O) groups is 4. The molecule has 115 heavy (non-hydrogen) atoms. The van der Waals surface area contributed by atoms with Crippen LogP contribution >= 0.6 is 12.4 Å². The van der Waals surface area contributed by atoms with Gasteiger partial charge in [0.2, 0.25) is 12.2 Å². The van der Waals surface area contributed by atoms with E-state index in [0.29, 0.717) is 29.9 Å². The fourth-order valence-corrected chi connectivity index (χ4v) is 14.8. The summed E-state index contributed by atoms with van der Waals surface area (Å²) in [5.74, 6) is -5.05. The lowest BCUT2D eigenvalue weighted by atomic mass is 9.97. The van der Waals surface area contributed by atoms with Gasteiger partial charge in [0, 0.05) is 58.5 Å². The summed E-state index contributed by atoms with van der Waals surface area (Å²) in [4.78, 5) is 74.1. The zero-order valence-corrected chi connectivity index (χ0v) is 67.8. The highest BCUT2D eigenvalue weighted by Crippen LogP contribution is 2.40. The van der Waals surface area contributed by atoms with Crippen LogP contribution in [0, 0.1) is 6.92 Å². The second-order valence-electron chi connectivity index (χ2n) is 29.1. The number of hydrogen-bond donors (Lipinski definition) is 8. The van der Waals surface area contributed by atoms with Crippen molar-refractivity contribution in [2.75, 3.05) is 33.6 Å². The molecule has 17 heteroatoms. The van der Waals surface area contributed by atoms with Crippen LogP contribution in [0.5, 0.6) is 0 Å². The summed E-state index contributed by atoms with van der Waals surface area (Å²) in [6.45, 7) is 11.1. The number of likely N-dealkylation sites (N-methyl/N-ethyl adjacent to an activating group) is 1. The number of isocyanates is 2. The highest BCUT2D eigenvalue weighted by Gasteiger charge is 2.19. The van der Waals surface area contributed by atoms with Crippen molar-refractivity contribution in [2.45, 2.75) is 176 Å². The number of anilines is 9. The number of aryl methyl sites for hydroxylation is 5. The molecular weight excluding hydrogens is 1450 g/mol. The van der Waals surface area contributed by atoms with Gasteiger partial charge in [0.05, 0.1) is 34.1 Å². The number of carbonyl (C=O) groups excluding carboxylic acids is 4. The molecule has 0 heterocycles. The van der Waals surface area contributed by atoms with E-state index < -0.39 is 23.8 Å². The molecule has 0 saturated carbocycles. The topological polar surface area (TPSA) is 240 Å². The zero-order valence-electron chi connectivity index (χ0n) is 67.0. The van der Waals surface area contributed by atoms with E-state index in [9.17, 15) is 19.2 Å². The number of carboxylic acid groups (broad SMARTS) is 2. The summed E-state index contributed by atoms with van der Waals surface area (Å²) in [5.41, 5.74) is 19.7. The zero-order chi connectivity index (χ0) is 80.6. The van der Waals surface area contributed by atoms with Crippen LogP contribution in [0.25, 0.3) is 43.1 Å². The smallest absolute Gasteiger partial charge is 0.414 e. The second kappa shape index (κ2) is 44.9. The predicted octanol–water partition coefficient (Wildman–Crippen LogP) is 25.4. The van der Waals surface area contributed by atoms with Gasteiger partial charge in [-0.25, -0.2) is 19.2 Å². The largest absolute Gasteiger partial charge is 0.473 e. The number of unbranched alkanes of at least 4 members (excludes halogenated alkanes) is 12. The Kier molecular flexibility index (Phi) is 33.9. The van der Waals surface area contributed by atoms with Gasteiger partial charge >= 0.3 is 23.8 Å². The molecule has 0 saturated heterocycles. The maximum absolute atomic E-state index is 12.8. The number of aliphatic carboxylic acids is 2. The number of rotatable bonds is 35. The van der Waals surface area contributed by atoms with Crippen molar-refractivity contribution in [3.05, 3.63) is 268 Å². The third-order valence-corrected chi connectivity index (χ3v) is 20.9. The summed E-state index contributed by atoms with van der Waals surface area (Å²) in [7, 11) is 1.46. The summed E-state index contributed by atoms with van der Waals surface area (Å²) in [6.07, 6.45) is 28.6. The Morgan fingerprint density at radius 1 is 0.330 bits per heavy atom. The number of amides is 2. The van der Waals surface area contributed by atoms with Crippen LogP contribution in [0.1, 0.15) is 182 Å². The molecule has 0 fully saturated rings. The average Bonchev–Trinajstić information content (AvgIpc) is 0.806. The SMILES string of the molecule is CCCCCCc1ccc(Nc2cc(Cc3ccc(N=C=O)c(Nc4ccc(CCCCCC)c5ccccc45)c3)ccc2N=C=O)c2ccccc12.CCCCCCc1ccc(Nc2cc(Cc3ccc(NC(=O)C(=O)NC)c(Nc4ccc(CCCCCC)c5ccccc45)c3)ccc2C)c2ccccc12.Cl.O=C(O)C(=O)O.[HH]. The van der Waals surface area contributed by atoms with Crippen molar-refractivity contribution >= 4 is 154 Å². The van der Waals surface area contributed by atoms with E-state index in [2.05, 4.69) is 246 Å². The Labute approximate surface area is 683 Å². The molecule has 0 atom stereocenters.